The minimum Gasteiger partial charge on any atom is -0.370 e. The predicted octanol–water partition coefficient (Wildman–Crippen LogP) is 1.28. The number of carbonyl (C=O) groups excluding carboxylic acids is 2. The summed E-state index contributed by atoms with van der Waals surface area (Å²) in [6, 6.07) is 9.71. The number of hydrogen-bond acceptors (Lipinski definition) is 3. The molecule has 1 aromatic rings. The lowest BCUT2D eigenvalue weighted by Crippen LogP contribution is -2.45. The van der Waals surface area contributed by atoms with Crippen LogP contribution in [0, 0.1) is 0 Å². The molecule has 1 aromatic carbocycles. The highest BCUT2D eigenvalue weighted by atomic mass is 16.2. The molecule has 0 heterocycles. The molecule has 0 fully saturated rings. The van der Waals surface area contributed by atoms with Crippen molar-refractivity contribution >= 4 is 11.8 Å². The zero-order chi connectivity index (χ0) is 15.9. The SMILES string of the molecule is CC(C)(C)NCC(=O)N(CCC(N)=O)Cc1ccccc1. The Labute approximate surface area is 126 Å². The molecular weight excluding hydrogens is 266 g/mol. The van der Waals surface area contributed by atoms with E-state index in [-0.39, 0.29) is 24.4 Å². The molecule has 0 radical (unpaired) electrons. The molecule has 0 aliphatic carbocycles. The smallest absolute Gasteiger partial charge is 0.236 e. The summed E-state index contributed by atoms with van der Waals surface area (Å²) in [5.41, 5.74) is 6.09. The van der Waals surface area contributed by atoms with Crippen molar-refractivity contribution in [1.82, 2.24) is 10.2 Å². The van der Waals surface area contributed by atoms with Crippen LogP contribution in [0.25, 0.3) is 0 Å². The molecule has 0 spiro atoms. The van der Waals surface area contributed by atoms with Gasteiger partial charge in [0.2, 0.25) is 11.8 Å². The number of carbonyl (C=O) groups is 2. The van der Waals surface area contributed by atoms with Crippen molar-refractivity contribution in [2.45, 2.75) is 39.3 Å². The molecule has 0 saturated heterocycles. The van der Waals surface area contributed by atoms with Crippen LogP contribution in [0.1, 0.15) is 32.8 Å². The molecule has 116 valence electrons. The summed E-state index contributed by atoms with van der Waals surface area (Å²) in [6.07, 6.45) is 0.175. The van der Waals surface area contributed by atoms with Crippen molar-refractivity contribution in [1.29, 1.82) is 0 Å². The fraction of sp³-hybridized carbons (Fsp3) is 0.500. The van der Waals surface area contributed by atoms with Gasteiger partial charge in [0.15, 0.2) is 0 Å². The maximum absolute atomic E-state index is 12.3. The van der Waals surface area contributed by atoms with E-state index >= 15 is 0 Å². The van der Waals surface area contributed by atoms with Crippen molar-refractivity contribution in [3.63, 3.8) is 0 Å². The first-order valence-corrected chi connectivity index (χ1v) is 7.13. The fourth-order valence-corrected chi connectivity index (χ4v) is 1.79. The maximum Gasteiger partial charge on any atom is 0.236 e. The number of nitrogens with one attached hydrogen (secondary N) is 1. The Morgan fingerprint density at radius 3 is 2.33 bits per heavy atom. The monoisotopic (exact) mass is 291 g/mol. The van der Waals surface area contributed by atoms with E-state index in [2.05, 4.69) is 5.32 Å². The van der Waals surface area contributed by atoms with Gasteiger partial charge in [0.05, 0.1) is 6.54 Å². The summed E-state index contributed by atoms with van der Waals surface area (Å²) in [5, 5.41) is 3.17. The van der Waals surface area contributed by atoms with Crippen LogP contribution in [-0.4, -0.2) is 35.3 Å². The van der Waals surface area contributed by atoms with Crippen molar-refractivity contribution in [3.05, 3.63) is 35.9 Å². The van der Waals surface area contributed by atoms with Crippen molar-refractivity contribution in [3.8, 4) is 0 Å². The zero-order valence-corrected chi connectivity index (χ0v) is 13.1. The van der Waals surface area contributed by atoms with Crippen LogP contribution in [0.2, 0.25) is 0 Å². The Hall–Kier alpha value is -1.88. The van der Waals surface area contributed by atoms with Crippen molar-refractivity contribution in [2.24, 2.45) is 5.73 Å². The third-order valence-electron chi connectivity index (χ3n) is 2.97. The van der Waals surface area contributed by atoms with Crippen LogP contribution in [0.4, 0.5) is 0 Å². The number of amides is 2. The number of benzene rings is 1. The van der Waals surface area contributed by atoms with Gasteiger partial charge in [-0.2, -0.15) is 0 Å². The maximum atomic E-state index is 12.3. The first kappa shape index (κ1) is 17.2. The standard InChI is InChI=1S/C16H25N3O2/c1-16(2,3)18-11-15(21)19(10-9-14(17)20)12-13-7-5-4-6-8-13/h4-8,18H,9-12H2,1-3H3,(H2,17,20). The number of nitrogens with zero attached hydrogens (tertiary/aromatic N) is 1. The quantitative estimate of drug-likeness (QED) is 0.794. The van der Waals surface area contributed by atoms with Gasteiger partial charge in [-0.05, 0) is 26.3 Å². The molecule has 5 nitrogen and oxygen atoms in total. The molecule has 0 bridgehead atoms. The molecule has 0 aromatic heterocycles. The van der Waals surface area contributed by atoms with Gasteiger partial charge in [0.1, 0.15) is 0 Å². The normalized spacial score (nSPS) is 11.2. The first-order valence-electron chi connectivity index (χ1n) is 7.13. The Bertz CT molecular complexity index is 466. The molecular formula is C16H25N3O2. The molecule has 5 heteroatoms. The molecule has 3 N–H and O–H groups in total. The average molecular weight is 291 g/mol. The van der Waals surface area contributed by atoms with E-state index in [4.69, 9.17) is 5.73 Å². The predicted molar refractivity (Wildman–Crippen MR) is 83.4 cm³/mol. The third-order valence-corrected chi connectivity index (χ3v) is 2.97. The summed E-state index contributed by atoms with van der Waals surface area (Å²) in [7, 11) is 0. The molecule has 21 heavy (non-hydrogen) atoms. The highest BCUT2D eigenvalue weighted by Gasteiger charge is 2.17. The molecule has 0 aliphatic rings. The van der Waals surface area contributed by atoms with Crippen LogP contribution in [0.15, 0.2) is 30.3 Å². The van der Waals surface area contributed by atoms with E-state index in [0.717, 1.165) is 5.56 Å². The summed E-state index contributed by atoms with van der Waals surface area (Å²) in [5.74, 6) is -0.431. The van der Waals surface area contributed by atoms with Crippen molar-refractivity contribution < 1.29 is 9.59 Å². The van der Waals surface area contributed by atoms with Crippen LogP contribution in [-0.2, 0) is 16.1 Å². The fourth-order valence-electron chi connectivity index (χ4n) is 1.79. The van der Waals surface area contributed by atoms with Crippen LogP contribution >= 0.6 is 0 Å². The highest BCUT2D eigenvalue weighted by Crippen LogP contribution is 2.06. The van der Waals surface area contributed by atoms with Gasteiger partial charge in [0.25, 0.3) is 0 Å². The molecule has 0 aliphatic heterocycles. The largest absolute Gasteiger partial charge is 0.370 e. The van der Waals surface area contributed by atoms with E-state index in [9.17, 15) is 9.59 Å². The lowest BCUT2D eigenvalue weighted by molar-refractivity contribution is -0.131. The molecule has 0 unspecified atom stereocenters. The molecule has 2 amide bonds. The number of hydrogen-bond donors (Lipinski definition) is 2. The van der Waals surface area contributed by atoms with Gasteiger partial charge in [-0.15, -0.1) is 0 Å². The van der Waals surface area contributed by atoms with E-state index in [0.29, 0.717) is 13.1 Å². The van der Waals surface area contributed by atoms with E-state index in [1.165, 1.54) is 0 Å². The van der Waals surface area contributed by atoms with Gasteiger partial charge in [-0.3, -0.25) is 9.59 Å². The summed E-state index contributed by atoms with van der Waals surface area (Å²) in [4.78, 5) is 24.9. The minimum absolute atomic E-state index is 0.0324. The zero-order valence-electron chi connectivity index (χ0n) is 13.1. The van der Waals surface area contributed by atoms with E-state index < -0.39 is 5.91 Å². The second-order valence-electron chi connectivity index (χ2n) is 6.12. The number of rotatable bonds is 7. The Kier molecular flexibility index (Phi) is 6.37. The van der Waals surface area contributed by atoms with Crippen LogP contribution < -0.4 is 11.1 Å². The Morgan fingerprint density at radius 1 is 1.19 bits per heavy atom. The molecule has 0 atom stereocenters. The van der Waals surface area contributed by atoms with Gasteiger partial charge >= 0.3 is 0 Å². The lowest BCUT2D eigenvalue weighted by atomic mass is 10.1. The average Bonchev–Trinajstić information content (AvgIpc) is 2.41. The Balaban J connectivity index is 2.67. The van der Waals surface area contributed by atoms with E-state index in [1.54, 1.807) is 4.90 Å². The summed E-state index contributed by atoms with van der Waals surface area (Å²) in [6.45, 7) is 7.09. The van der Waals surface area contributed by atoms with Gasteiger partial charge < -0.3 is 16.0 Å². The first-order chi connectivity index (χ1) is 9.78. The minimum atomic E-state index is -0.398. The second kappa shape index (κ2) is 7.78. The van der Waals surface area contributed by atoms with Gasteiger partial charge in [-0.1, -0.05) is 30.3 Å². The number of primary amides is 1. The second-order valence-corrected chi connectivity index (χ2v) is 6.12. The Morgan fingerprint density at radius 2 is 1.81 bits per heavy atom. The third kappa shape index (κ3) is 7.46. The molecule has 0 saturated carbocycles. The molecule has 1 rings (SSSR count). The lowest BCUT2D eigenvalue weighted by Gasteiger charge is -2.26. The number of nitrogens with two attached hydrogens (primary N) is 1. The summed E-state index contributed by atoms with van der Waals surface area (Å²) >= 11 is 0. The highest BCUT2D eigenvalue weighted by molar-refractivity contribution is 5.79. The topological polar surface area (TPSA) is 75.4 Å². The van der Waals surface area contributed by atoms with Crippen molar-refractivity contribution in [2.75, 3.05) is 13.1 Å². The van der Waals surface area contributed by atoms with E-state index in [1.807, 2.05) is 51.1 Å². The van der Waals surface area contributed by atoms with Crippen LogP contribution in [0.3, 0.4) is 0 Å². The summed E-state index contributed by atoms with van der Waals surface area (Å²) < 4.78 is 0. The van der Waals surface area contributed by atoms with Crippen LogP contribution in [0.5, 0.6) is 0 Å². The van der Waals surface area contributed by atoms with Gasteiger partial charge in [-0.25, -0.2) is 0 Å². The van der Waals surface area contributed by atoms with Gasteiger partial charge in [0, 0.05) is 25.0 Å².